The van der Waals surface area contributed by atoms with Crippen molar-refractivity contribution in [3.05, 3.63) is 48.5 Å². The number of ether oxygens (including phenoxy) is 1. The van der Waals surface area contributed by atoms with E-state index in [4.69, 9.17) is 0 Å². The van der Waals surface area contributed by atoms with Gasteiger partial charge >= 0.3 is 6.09 Å². The topological polar surface area (TPSA) is 132 Å². The van der Waals surface area contributed by atoms with Gasteiger partial charge in [0, 0.05) is 30.6 Å². The van der Waals surface area contributed by atoms with E-state index in [1.54, 1.807) is 49.4 Å². The summed E-state index contributed by atoms with van der Waals surface area (Å²) in [5, 5.41) is 7.74. The minimum atomic E-state index is -1.47. The highest BCUT2D eigenvalue weighted by atomic mass is 32.2. The monoisotopic (exact) mass is 430 g/mol. The predicted octanol–water partition coefficient (Wildman–Crippen LogP) is 2.87. The molecule has 3 amide bonds. The molecule has 0 aromatic heterocycles. The molecule has 0 fully saturated rings. The molecule has 0 aliphatic carbocycles. The first kappa shape index (κ1) is 22.9. The predicted molar refractivity (Wildman–Crippen MR) is 114 cm³/mol. The number of hydrogen-bond donors (Lipinski definition) is 3. The lowest BCUT2D eigenvalue weighted by Crippen LogP contribution is -2.36. The van der Waals surface area contributed by atoms with Crippen LogP contribution in [0.2, 0.25) is 0 Å². The van der Waals surface area contributed by atoms with Crippen LogP contribution in [0.4, 0.5) is 16.2 Å². The number of hydrogen-bond acceptors (Lipinski definition) is 5. The number of amides is 3. The van der Waals surface area contributed by atoms with Gasteiger partial charge in [0.25, 0.3) is 0 Å². The Labute approximate surface area is 177 Å². The van der Waals surface area contributed by atoms with Gasteiger partial charge in [0.2, 0.25) is 17.8 Å². The van der Waals surface area contributed by atoms with Crippen molar-refractivity contribution >= 4 is 46.4 Å². The molecule has 2 rings (SSSR count). The van der Waals surface area contributed by atoms with Crippen molar-refractivity contribution < 1.29 is 23.7 Å². The summed E-state index contributed by atoms with van der Waals surface area (Å²) < 4.78 is 17.4. The number of methoxy groups -OCH3 is 1. The Hall–Kier alpha value is -3.37. The van der Waals surface area contributed by atoms with Crippen molar-refractivity contribution in [1.82, 2.24) is 5.32 Å². The highest BCUT2D eigenvalue weighted by Gasteiger charge is 2.18. The molecule has 2 aromatic rings. The maximum atomic E-state index is 12.8. The average molecular weight is 430 g/mol. The fourth-order valence-corrected chi connectivity index (χ4v) is 3.38. The van der Waals surface area contributed by atoms with E-state index >= 15 is 0 Å². The van der Waals surface area contributed by atoms with Crippen molar-refractivity contribution in [2.45, 2.75) is 30.1 Å². The SMILES string of the molecule is CCC(=O)/N=C(/NC(=O)OC)Nc1ccc([S+]([O-])c2ccccc2)cc1NC(C)=O. The quantitative estimate of drug-likeness (QED) is 0.380. The first-order chi connectivity index (χ1) is 14.3. The van der Waals surface area contributed by atoms with Gasteiger partial charge in [-0.25, -0.2) is 4.79 Å². The second kappa shape index (κ2) is 11.0. The van der Waals surface area contributed by atoms with Gasteiger partial charge in [0.05, 0.1) is 18.5 Å². The Kier molecular flexibility index (Phi) is 8.39. The normalized spacial score (nSPS) is 11.9. The number of carbonyl (C=O) groups excluding carboxylic acids is 3. The molecule has 1 unspecified atom stereocenters. The Balaban J connectivity index is 2.39. The van der Waals surface area contributed by atoms with E-state index in [9.17, 15) is 18.9 Å². The lowest BCUT2D eigenvalue weighted by molar-refractivity contribution is -0.117. The number of aliphatic imine (C=N–C) groups is 1. The summed E-state index contributed by atoms with van der Waals surface area (Å²) in [5.41, 5.74) is 0.630. The van der Waals surface area contributed by atoms with Gasteiger partial charge in [-0.05, 0) is 24.3 Å². The molecule has 0 spiro atoms. The van der Waals surface area contributed by atoms with Crippen LogP contribution in [0.25, 0.3) is 0 Å². The Morgan fingerprint density at radius 2 is 1.73 bits per heavy atom. The fourth-order valence-electron chi connectivity index (χ4n) is 2.29. The Morgan fingerprint density at radius 3 is 2.33 bits per heavy atom. The van der Waals surface area contributed by atoms with Gasteiger partial charge in [-0.1, -0.05) is 25.1 Å². The Morgan fingerprint density at radius 1 is 1.03 bits per heavy atom. The van der Waals surface area contributed by atoms with Crippen LogP contribution in [0.15, 0.2) is 63.3 Å². The maximum absolute atomic E-state index is 12.8. The van der Waals surface area contributed by atoms with Crippen molar-refractivity contribution in [1.29, 1.82) is 0 Å². The zero-order valence-electron chi connectivity index (χ0n) is 16.7. The van der Waals surface area contributed by atoms with E-state index in [-0.39, 0.29) is 18.3 Å². The van der Waals surface area contributed by atoms with Crippen molar-refractivity contribution in [3.8, 4) is 0 Å². The summed E-state index contributed by atoms with van der Waals surface area (Å²) in [6, 6.07) is 13.6. The van der Waals surface area contributed by atoms with E-state index in [2.05, 4.69) is 25.7 Å². The van der Waals surface area contributed by atoms with E-state index in [1.807, 2.05) is 6.07 Å². The molecule has 2 aromatic carbocycles. The lowest BCUT2D eigenvalue weighted by Gasteiger charge is -2.16. The first-order valence-electron chi connectivity index (χ1n) is 8.96. The molecule has 30 heavy (non-hydrogen) atoms. The van der Waals surface area contributed by atoms with Gasteiger partial charge in [0.1, 0.15) is 0 Å². The van der Waals surface area contributed by atoms with Crippen molar-refractivity contribution in [2.75, 3.05) is 17.7 Å². The molecule has 0 saturated carbocycles. The molecular formula is C20H22N4O5S. The van der Waals surface area contributed by atoms with Crippen LogP contribution in [0.3, 0.4) is 0 Å². The second-order valence-electron chi connectivity index (χ2n) is 5.92. The summed E-state index contributed by atoms with van der Waals surface area (Å²) >= 11 is -1.47. The van der Waals surface area contributed by atoms with Crippen LogP contribution in [-0.2, 0) is 25.5 Å². The number of rotatable bonds is 5. The molecule has 0 radical (unpaired) electrons. The smallest absolute Gasteiger partial charge is 0.413 e. The standard InChI is InChI=1S/C20H22N4O5S/c1-4-18(26)23-19(24-20(27)29-3)22-16-11-10-15(12-17(16)21-13(2)25)30(28)14-8-6-5-7-9-14/h5-12H,4H2,1-3H3,(H,21,25)(H2,22,23,24,26,27). The summed E-state index contributed by atoms with van der Waals surface area (Å²) in [6.45, 7) is 2.95. The number of alkyl carbamates (subject to hydrolysis) is 1. The van der Waals surface area contributed by atoms with E-state index in [1.165, 1.54) is 14.0 Å². The first-order valence-corrected chi connectivity index (χ1v) is 10.1. The molecular weight excluding hydrogens is 408 g/mol. The molecule has 0 heterocycles. The minimum Gasteiger partial charge on any atom is -0.606 e. The molecule has 0 bridgehead atoms. The van der Waals surface area contributed by atoms with Gasteiger partial charge in [-0.3, -0.25) is 14.9 Å². The highest BCUT2D eigenvalue weighted by Crippen LogP contribution is 2.29. The number of nitrogens with zero attached hydrogens (tertiary/aromatic N) is 1. The molecule has 0 aliphatic heterocycles. The summed E-state index contributed by atoms with van der Waals surface area (Å²) in [4.78, 5) is 39.8. The molecule has 9 nitrogen and oxygen atoms in total. The largest absolute Gasteiger partial charge is 0.606 e. The van der Waals surface area contributed by atoms with E-state index in [0.717, 1.165) is 0 Å². The van der Waals surface area contributed by atoms with Crippen LogP contribution in [0.5, 0.6) is 0 Å². The third-order valence-electron chi connectivity index (χ3n) is 3.67. The summed E-state index contributed by atoms with van der Waals surface area (Å²) in [5.74, 6) is -1.00. The molecule has 0 saturated heterocycles. The average Bonchev–Trinajstić information content (AvgIpc) is 2.74. The minimum absolute atomic E-state index is 0.127. The molecule has 0 aliphatic rings. The second-order valence-corrected chi connectivity index (χ2v) is 7.40. The van der Waals surface area contributed by atoms with Gasteiger partial charge in [-0.2, -0.15) is 4.99 Å². The molecule has 3 N–H and O–H groups in total. The highest BCUT2D eigenvalue weighted by molar-refractivity contribution is 7.91. The van der Waals surface area contributed by atoms with Crippen LogP contribution in [0, 0.1) is 0 Å². The molecule has 10 heteroatoms. The number of benzene rings is 2. The number of guanidine groups is 1. The van der Waals surface area contributed by atoms with Crippen molar-refractivity contribution in [3.63, 3.8) is 0 Å². The number of nitrogens with one attached hydrogen (secondary N) is 3. The molecule has 1 atom stereocenters. The summed E-state index contributed by atoms with van der Waals surface area (Å²) in [6.07, 6.45) is -0.699. The van der Waals surface area contributed by atoms with Gasteiger partial charge < -0.3 is 19.9 Å². The lowest BCUT2D eigenvalue weighted by atomic mass is 10.2. The van der Waals surface area contributed by atoms with Gasteiger partial charge in [-0.15, -0.1) is 0 Å². The van der Waals surface area contributed by atoms with Crippen LogP contribution in [0.1, 0.15) is 20.3 Å². The summed E-state index contributed by atoms with van der Waals surface area (Å²) in [7, 11) is 1.17. The zero-order chi connectivity index (χ0) is 22.1. The molecule has 158 valence electrons. The van der Waals surface area contributed by atoms with Crippen LogP contribution >= 0.6 is 0 Å². The number of carbonyl (C=O) groups is 3. The van der Waals surface area contributed by atoms with Crippen molar-refractivity contribution in [2.24, 2.45) is 4.99 Å². The van der Waals surface area contributed by atoms with Crippen LogP contribution < -0.4 is 16.0 Å². The third-order valence-corrected chi connectivity index (χ3v) is 5.05. The van der Waals surface area contributed by atoms with E-state index < -0.39 is 23.2 Å². The van der Waals surface area contributed by atoms with Crippen LogP contribution in [-0.4, -0.2) is 35.5 Å². The fraction of sp³-hybridized carbons (Fsp3) is 0.200. The zero-order valence-corrected chi connectivity index (χ0v) is 17.5. The number of anilines is 2. The maximum Gasteiger partial charge on any atom is 0.413 e. The van der Waals surface area contributed by atoms with E-state index in [0.29, 0.717) is 21.2 Å². The third kappa shape index (κ3) is 6.61. The van der Waals surface area contributed by atoms with Gasteiger partial charge in [0.15, 0.2) is 9.79 Å². The Bertz CT molecular complexity index is 949.